The zero-order valence-electron chi connectivity index (χ0n) is 37.4. The van der Waals surface area contributed by atoms with Gasteiger partial charge in [0.25, 0.3) is 0 Å². The summed E-state index contributed by atoms with van der Waals surface area (Å²) in [6, 6.07) is 23.0. The van der Waals surface area contributed by atoms with Gasteiger partial charge in [0.15, 0.2) is 0 Å². The van der Waals surface area contributed by atoms with Gasteiger partial charge >= 0.3 is 0 Å². The minimum atomic E-state index is 0.303. The van der Waals surface area contributed by atoms with E-state index < -0.39 is 0 Å². The molecule has 2 aromatic carbocycles. The zero-order chi connectivity index (χ0) is 42.7. The normalized spacial score (nSPS) is 12.3. The molecule has 1 aliphatic rings. The Morgan fingerprint density at radius 3 is 2.04 bits per heavy atom. The molecule has 0 spiro atoms. The highest BCUT2D eigenvalue weighted by molar-refractivity contribution is 7.99. The van der Waals surface area contributed by atoms with Crippen LogP contribution >= 0.6 is 11.8 Å². The molecule has 1 heterocycles. The number of rotatable bonds is 17. The molecule has 1 saturated carbocycles. The lowest BCUT2D eigenvalue weighted by molar-refractivity contribution is 0.317. The van der Waals surface area contributed by atoms with Crippen molar-refractivity contribution in [2.45, 2.75) is 124 Å². The predicted octanol–water partition coefficient (Wildman–Crippen LogP) is 14.2. The summed E-state index contributed by atoms with van der Waals surface area (Å²) < 4.78 is 0. The van der Waals surface area contributed by atoms with Gasteiger partial charge in [-0.2, -0.15) is 0 Å². The predicted molar refractivity (Wildman–Crippen MR) is 256 cm³/mol. The van der Waals surface area contributed by atoms with Crippen molar-refractivity contribution in [2.75, 3.05) is 20.1 Å². The number of pyridine rings is 1. The Morgan fingerprint density at radius 1 is 0.930 bits per heavy atom. The van der Waals surface area contributed by atoms with E-state index >= 15 is 0 Å². The molecule has 4 rings (SSSR count). The molecular weight excluding hydrogens is 715 g/mol. The van der Waals surface area contributed by atoms with Crippen molar-refractivity contribution in [3.05, 3.63) is 162 Å². The maximum Gasteiger partial charge on any atom is 0.0822 e. The van der Waals surface area contributed by atoms with Crippen molar-refractivity contribution in [3.63, 3.8) is 0 Å². The Bertz CT molecular complexity index is 1690. The van der Waals surface area contributed by atoms with Gasteiger partial charge in [-0.15, -0.1) is 5.73 Å². The van der Waals surface area contributed by atoms with E-state index in [2.05, 4.69) is 141 Å². The van der Waals surface area contributed by atoms with Crippen molar-refractivity contribution in [2.24, 2.45) is 4.99 Å². The number of unbranched alkanes of at least 4 members (excludes halogenated alkanes) is 1. The number of aliphatic imine (C=N–C) groups is 1. The summed E-state index contributed by atoms with van der Waals surface area (Å²) in [4.78, 5) is 13.8. The second-order valence-electron chi connectivity index (χ2n) is 13.0. The van der Waals surface area contributed by atoms with E-state index in [0.717, 1.165) is 52.6 Å². The van der Waals surface area contributed by atoms with Gasteiger partial charge in [0.1, 0.15) is 0 Å². The van der Waals surface area contributed by atoms with Crippen LogP contribution in [0.4, 0.5) is 0 Å². The molecule has 0 aliphatic heterocycles. The molecule has 2 N–H and O–H groups in total. The summed E-state index contributed by atoms with van der Waals surface area (Å²) >= 11 is 1.76. The molecule has 0 saturated heterocycles. The van der Waals surface area contributed by atoms with Crippen LogP contribution in [0.2, 0.25) is 0 Å². The lowest BCUT2D eigenvalue weighted by atomic mass is 10.1. The molecule has 1 aliphatic carbocycles. The highest BCUT2D eigenvalue weighted by Gasteiger charge is 2.16. The lowest BCUT2D eigenvalue weighted by Crippen LogP contribution is -2.33. The summed E-state index contributed by atoms with van der Waals surface area (Å²) in [5.74, 6) is 0. The Hall–Kier alpha value is -4.61. The summed E-state index contributed by atoms with van der Waals surface area (Å²) in [6.45, 7) is 30.5. The van der Waals surface area contributed by atoms with Crippen LogP contribution < -0.4 is 10.6 Å². The van der Waals surface area contributed by atoms with Crippen molar-refractivity contribution in [1.29, 1.82) is 0 Å². The summed E-state index contributed by atoms with van der Waals surface area (Å²) in [7, 11) is 1.94. The molecule has 6 heteroatoms. The molecule has 0 radical (unpaired) electrons. The highest BCUT2D eigenvalue weighted by Crippen LogP contribution is 2.30. The van der Waals surface area contributed by atoms with Gasteiger partial charge in [-0.3, -0.25) is 9.98 Å². The van der Waals surface area contributed by atoms with Gasteiger partial charge in [0, 0.05) is 52.6 Å². The maximum atomic E-state index is 4.91. The van der Waals surface area contributed by atoms with Crippen molar-refractivity contribution in [1.82, 2.24) is 20.5 Å². The van der Waals surface area contributed by atoms with Crippen molar-refractivity contribution in [3.8, 4) is 0 Å². The molecule has 57 heavy (non-hydrogen) atoms. The van der Waals surface area contributed by atoms with E-state index in [1.54, 1.807) is 11.8 Å². The van der Waals surface area contributed by atoms with Crippen LogP contribution in [0.25, 0.3) is 6.08 Å². The third-order valence-electron chi connectivity index (χ3n) is 7.96. The van der Waals surface area contributed by atoms with E-state index in [-0.39, 0.29) is 0 Å². The third-order valence-corrected chi connectivity index (χ3v) is 9.06. The van der Waals surface area contributed by atoms with Crippen LogP contribution in [0.5, 0.6) is 0 Å². The monoisotopic (exact) mass is 790 g/mol. The molecule has 310 valence electrons. The highest BCUT2D eigenvalue weighted by atomic mass is 32.2. The average molecular weight is 790 g/mol. The number of likely N-dealkylation sites (N-methyl/N-ethyl adjacent to an activating group) is 1. The molecule has 5 nitrogen and oxygen atoms in total. The molecule has 0 unspecified atom stereocenters. The quantitative estimate of drug-likeness (QED) is 0.0810. The van der Waals surface area contributed by atoms with Crippen molar-refractivity contribution < 1.29 is 0 Å². The summed E-state index contributed by atoms with van der Waals surface area (Å²) in [6.07, 6.45) is 24.2. The van der Waals surface area contributed by atoms with Gasteiger partial charge < -0.3 is 15.5 Å². The van der Waals surface area contributed by atoms with Gasteiger partial charge in [-0.05, 0) is 77.9 Å². The first-order valence-electron chi connectivity index (χ1n) is 20.9. The van der Waals surface area contributed by atoms with E-state index in [1.807, 2.05) is 90.5 Å². The first-order chi connectivity index (χ1) is 27.7. The van der Waals surface area contributed by atoms with Crippen LogP contribution in [0.15, 0.2) is 166 Å². The minimum Gasteiger partial charge on any atom is -0.364 e. The molecule has 0 atom stereocenters. The lowest BCUT2D eigenvalue weighted by Gasteiger charge is -2.31. The SMILES string of the molecule is C1CC1.C=C=CCN(C(=C)/C(=C\C)NC(=CCC)/C(=C/C)N=C(C)c1ccccc1)C(C)C.CC.CCCC.CNC/C=C/c1cnccc1Sc1ccccc1. The first kappa shape index (κ1) is 52.4. The third kappa shape index (κ3) is 23.9. The number of benzene rings is 2. The number of allylic oxidation sites excluding steroid dienone is 3. The molecule has 1 aromatic heterocycles. The van der Waals surface area contributed by atoms with Crippen LogP contribution in [-0.2, 0) is 0 Å². The zero-order valence-corrected chi connectivity index (χ0v) is 38.2. The number of nitrogens with one attached hydrogen (secondary N) is 2. The smallest absolute Gasteiger partial charge is 0.0822 e. The van der Waals surface area contributed by atoms with E-state index in [9.17, 15) is 0 Å². The van der Waals surface area contributed by atoms with Crippen LogP contribution in [-0.4, -0.2) is 41.8 Å². The van der Waals surface area contributed by atoms with Gasteiger partial charge in [-0.25, -0.2) is 0 Å². The Kier molecular flexibility index (Phi) is 31.8. The number of hydrogen-bond acceptors (Lipinski definition) is 6. The second-order valence-corrected chi connectivity index (χ2v) is 14.2. The summed E-state index contributed by atoms with van der Waals surface area (Å²) in [5.41, 5.74) is 9.89. The molecule has 3 aromatic rings. The molecule has 0 bridgehead atoms. The van der Waals surface area contributed by atoms with E-state index in [0.29, 0.717) is 12.6 Å². The maximum absolute atomic E-state index is 4.91. The fourth-order valence-electron chi connectivity index (χ4n) is 4.57. The standard InChI is InChI=1S/C27H37N3.C15H16N2S.C4H10.C3H6.C2H6/c1-9-13-20-30(21(5)6)23(8)25(11-3)29-27(17-10-2)26(12-4)28-22(7)24-18-15-14-16-19-24;1-16-10-5-6-13-12-17-11-9-15(13)18-14-7-3-2-4-8-14;1-3-4-2;1-2-3-1;1-2/h11-19,21,29H,1,8,10,20H2,2-7H3;2-9,11-12,16H,10H2,1H3;3-4H2,1-2H3;1-3H2;1-2H3/b25-11+,26-12-,27-17?,28-22?;6-5+;;;. The minimum absolute atomic E-state index is 0.303. The Labute approximate surface area is 353 Å². The van der Waals surface area contributed by atoms with Gasteiger partial charge in [0.2, 0.25) is 0 Å². The first-order valence-corrected chi connectivity index (χ1v) is 21.7. The van der Waals surface area contributed by atoms with Crippen molar-refractivity contribution >= 4 is 23.5 Å². The van der Waals surface area contributed by atoms with E-state index in [4.69, 9.17) is 4.99 Å². The molecule has 1 fully saturated rings. The van der Waals surface area contributed by atoms with Crippen LogP contribution in [0, 0.1) is 0 Å². The van der Waals surface area contributed by atoms with Gasteiger partial charge in [0.05, 0.1) is 22.8 Å². The van der Waals surface area contributed by atoms with Crippen LogP contribution in [0.3, 0.4) is 0 Å². The summed E-state index contributed by atoms with van der Waals surface area (Å²) in [5, 5.41) is 6.67. The number of aromatic nitrogens is 1. The molecular formula is C51H75N5S. The Balaban J connectivity index is 0.000000968. The topological polar surface area (TPSA) is 52.5 Å². The van der Waals surface area contributed by atoms with Crippen LogP contribution in [0.1, 0.15) is 119 Å². The number of nitrogens with zero attached hydrogens (tertiary/aromatic N) is 3. The number of hydrogen-bond donors (Lipinski definition) is 2. The second kappa shape index (κ2) is 34.6. The fraction of sp³-hybridized carbons (Fsp3) is 0.392. The van der Waals surface area contributed by atoms with E-state index in [1.165, 1.54) is 41.9 Å². The molecule has 0 amide bonds. The fourth-order valence-corrected chi connectivity index (χ4v) is 5.48. The Morgan fingerprint density at radius 2 is 1.54 bits per heavy atom. The average Bonchev–Trinajstić information content (AvgIpc) is 4.14. The van der Waals surface area contributed by atoms with Gasteiger partial charge in [-0.1, -0.05) is 171 Å². The largest absolute Gasteiger partial charge is 0.364 e.